The van der Waals surface area contributed by atoms with E-state index in [0.717, 1.165) is 38.1 Å². The molecule has 0 saturated heterocycles. The first-order valence-electron chi connectivity index (χ1n) is 14.1. The Balaban J connectivity index is 2.11. The van der Waals surface area contributed by atoms with Gasteiger partial charge in [0.15, 0.2) is 0 Å². The van der Waals surface area contributed by atoms with E-state index in [-0.39, 0.29) is 18.9 Å². The zero-order chi connectivity index (χ0) is 30.9. The second-order valence-corrected chi connectivity index (χ2v) is 13.1. The van der Waals surface area contributed by atoms with Gasteiger partial charge in [-0.1, -0.05) is 79.5 Å². The quantitative estimate of drug-likeness (QED) is 0.256. The lowest BCUT2D eigenvalue weighted by Gasteiger charge is -2.35. The van der Waals surface area contributed by atoms with Crippen molar-refractivity contribution < 1.29 is 18.0 Å². The molecule has 3 aromatic carbocycles. The van der Waals surface area contributed by atoms with Crippen LogP contribution in [0.1, 0.15) is 42.0 Å². The minimum absolute atomic E-state index is 0.0702. The van der Waals surface area contributed by atoms with E-state index >= 15 is 0 Å². The van der Waals surface area contributed by atoms with Gasteiger partial charge in [-0.2, -0.15) is 12.7 Å². The number of carbonyl (C=O) groups excluding carboxylic acids is 2. The lowest BCUT2D eigenvalue weighted by atomic mass is 10.0. The van der Waals surface area contributed by atoms with E-state index in [9.17, 15) is 18.0 Å². The van der Waals surface area contributed by atoms with E-state index < -0.39 is 28.7 Å². The van der Waals surface area contributed by atoms with Gasteiger partial charge in [0.2, 0.25) is 11.8 Å². The molecule has 2 amide bonds. The molecule has 1 N–H and O–H groups in total. The molecule has 0 aliphatic carbocycles. The van der Waals surface area contributed by atoms with E-state index in [1.54, 1.807) is 31.2 Å². The Labute approximate surface area is 255 Å². The maximum Gasteiger partial charge on any atom is 0.304 e. The normalized spacial score (nSPS) is 12.2. The van der Waals surface area contributed by atoms with E-state index in [0.29, 0.717) is 22.8 Å². The molecule has 3 aromatic rings. The molecule has 1 atom stereocenters. The molecule has 0 aromatic heterocycles. The highest BCUT2D eigenvalue weighted by molar-refractivity contribution is 7.90. The molecule has 10 heteroatoms. The number of hydrogen-bond acceptors (Lipinski definition) is 4. The van der Waals surface area contributed by atoms with Crippen molar-refractivity contribution in [2.75, 3.05) is 31.5 Å². The molecular weight excluding hydrogens is 572 g/mol. The summed E-state index contributed by atoms with van der Waals surface area (Å²) in [5.41, 5.74) is 3.58. The van der Waals surface area contributed by atoms with E-state index in [2.05, 4.69) is 5.32 Å². The van der Waals surface area contributed by atoms with Gasteiger partial charge >= 0.3 is 10.2 Å². The van der Waals surface area contributed by atoms with Crippen LogP contribution < -0.4 is 9.62 Å². The van der Waals surface area contributed by atoms with Gasteiger partial charge in [0, 0.05) is 38.6 Å². The number of benzene rings is 3. The summed E-state index contributed by atoms with van der Waals surface area (Å²) >= 11 is 6.28. The summed E-state index contributed by atoms with van der Waals surface area (Å²) in [7, 11) is -1.20. The summed E-state index contributed by atoms with van der Waals surface area (Å²) in [5, 5.41) is 3.49. The Kier molecular flexibility index (Phi) is 12.0. The molecule has 0 heterocycles. The Hall–Kier alpha value is -3.40. The minimum atomic E-state index is -4.06. The van der Waals surface area contributed by atoms with Crippen LogP contribution in [0, 0.1) is 13.8 Å². The second-order valence-electron chi connectivity index (χ2n) is 10.6. The van der Waals surface area contributed by atoms with Gasteiger partial charge in [-0.15, -0.1) is 0 Å². The lowest BCUT2D eigenvalue weighted by Crippen LogP contribution is -2.54. The molecule has 0 spiro atoms. The van der Waals surface area contributed by atoms with Crippen LogP contribution in [0.3, 0.4) is 0 Å². The van der Waals surface area contributed by atoms with Gasteiger partial charge < -0.3 is 10.2 Å². The van der Waals surface area contributed by atoms with Gasteiger partial charge in [-0.3, -0.25) is 9.59 Å². The van der Waals surface area contributed by atoms with Crippen molar-refractivity contribution in [1.29, 1.82) is 0 Å². The maximum atomic E-state index is 14.3. The molecule has 0 fully saturated rings. The average Bonchev–Trinajstić information content (AvgIpc) is 2.95. The van der Waals surface area contributed by atoms with Crippen molar-refractivity contribution in [3.05, 3.63) is 100 Å². The third-order valence-electron chi connectivity index (χ3n) is 6.99. The number of hydrogen-bond donors (Lipinski definition) is 1. The van der Waals surface area contributed by atoms with Crippen LogP contribution in [-0.4, -0.2) is 62.7 Å². The fraction of sp³-hybridized carbons (Fsp3) is 0.375. The molecule has 0 saturated carbocycles. The summed E-state index contributed by atoms with van der Waals surface area (Å²) in [4.78, 5) is 29.5. The van der Waals surface area contributed by atoms with Crippen LogP contribution in [0.15, 0.2) is 72.8 Å². The SMILES string of the molecule is CCCCNC(=O)[C@@H](Cc1ccccc1)N(Cc1cccc(Cl)c1)C(=O)CN(c1cc(C)ccc1C)S(=O)(=O)N(C)C. The predicted molar refractivity (Wildman–Crippen MR) is 170 cm³/mol. The summed E-state index contributed by atoms with van der Waals surface area (Å²) < 4.78 is 29.4. The zero-order valence-corrected chi connectivity index (χ0v) is 26.6. The van der Waals surface area contributed by atoms with Gasteiger partial charge in [-0.25, -0.2) is 4.31 Å². The van der Waals surface area contributed by atoms with Crippen LogP contribution in [0.25, 0.3) is 0 Å². The molecule has 0 radical (unpaired) electrons. The molecule has 0 aliphatic rings. The third-order valence-corrected chi connectivity index (χ3v) is 9.04. The first-order chi connectivity index (χ1) is 19.9. The number of aryl methyl sites for hydroxylation is 2. The van der Waals surface area contributed by atoms with Crippen LogP contribution in [-0.2, 0) is 32.8 Å². The van der Waals surface area contributed by atoms with Crippen molar-refractivity contribution in [2.45, 2.75) is 52.6 Å². The highest BCUT2D eigenvalue weighted by Crippen LogP contribution is 2.26. The van der Waals surface area contributed by atoms with Crippen LogP contribution in [0.2, 0.25) is 5.02 Å². The fourth-order valence-electron chi connectivity index (χ4n) is 4.58. The van der Waals surface area contributed by atoms with Crippen molar-refractivity contribution in [2.24, 2.45) is 0 Å². The molecule has 0 aliphatic heterocycles. The van der Waals surface area contributed by atoms with Crippen molar-refractivity contribution in [3.63, 3.8) is 0 Å². The van der Waals surface area contributed by atoms with Crippen LogP contribution >= 0.6 is 11.6 Å². The topological polar surface area (TPSA) is 90.0 Å². The number of amides is 2. The summed E-state index contributed by atoms with van der Waals surface area (Å²) in [6.45, 7) is 5.77. The smallest absolute Gasteiger partial charge is 0.304 e. The number of rotatable bonds is 14. The number of unbranched alkanes of at least 4 members (excludes halogenated alkanes) is 1. The van der Waals surface area contributed by atoms with Gasteiger partial charge in [0.25, 0.3) is 0 Å². The number of nitrogens with zero attached hydrogens (tertiary/aromatic N) is 3. The van der Waals surface area contributed by atoms with Crippen molar-refractivity contribution in [1.82, 2.24) is 14.5 Å². The van der Waals surface area contributed by atoms with Crippen molar-refractivity contribution >= 4 is 39.3 Å². The van der Waals surface area contributed by atoms with Gasteiger partial charge in [-0.05, 0) is 60.7 Å². The Morgan fingerprint density at radius 3 is 2.26 bits per heavy atom. The Bertz CT molecular complexity index is 1460. The van der Waals surface area contributed by atoms with Crippen LogP contribution in [0.4, 0.5) is 5.69 Å². The number of nitrogens with one attached hydrogen (secondary N) is 1. The first-order valence-corrected chi connectivity index (χ1v) is 15.8. The summed E-state index contributed by atoms with van der Waals surface area (Å²) in [6, 6.07) is 21.2. The zero-order valence-electron chi connectivity index (χ0n) is 25.0. The molecule has 226 valence electrons. The second kappa shape index (κ2) is 15.2. The van der Waals surface area contributed by atoms with E-state index in [1.165, 1.54) is 19.0 Å². The Morgan fingerprint density at radius 2 is 1.62 bits per heavy atom. The maximum absolute atomic E-state index is 14.3. The summed E-state index contributed by atoms with van der Waals surface area (Å²) in [5.74, 6) is -0.802. The fourth-order valence-corrected chi connectivity index (χ4v) is 5.91. The molecule has 42 heavy (non-hydrogen) atoms. The van der Waals surface area contributed by atoms with E-state index in [1.807, 2.05) is 62.4 Å². The molecule has 0 unspecified atom stereocenters. The first kappa shape index (κ1) is 33.1. The third kappa shape index (κ3) is 8.80. The highest BCUT2D eigenvalue weighted by atomic mass is 35.5. The van der Waals surface area contributed by atoms with E-state index in [4.69, 9.17) is 11.6 Å². The summed E-state index contributed by atoms with van der Waals surface area (Å²) in [6.07, 6.45) is 1.96. The standard InChI is InChI=1S/C32H41ClN4O4S/c1-6-7-18-34-32(39)30(21-26-12-9-8-10-13-26)36(22-27-14-11-15-28(33)20-27)31(38)23-37(42(40,41)35(4)5)29-19-24(2)16-17-25(29)3/h8-17,19-20,30H,6-7,18,21-23H2,1-5H3,(H,34,39)/t30-/m1/s1. The number of carbonyl (C=O) groups is 2. The Morgan fingerprint density at radius 1 is 0.929 bits per heavy atom. The monoisotopic (exact) mass is 612 g/mol. The predicted octanol–water partition coefficient (Wildman–Crippen LogP) is 5.13. The van der Waals surface area contributed by atoms with Crippen molar-refractivity contribution in [3.8, 4) is 0 Å². The molecular formula is C32H41ClN4O4S. The van der Waals surface area contributed by atoms with Gasteiger partial charge in [0.1, 0.15) is 12.6 Å². The number of halogens is 1. The highest BCUT2D eigenvalue weighted by Gasteiger charge is 2.35. The molecule has 0 bridgehead atoms. The lowest BCUT2D eigenvalue weighted by molar-refractivity contribution is -0.140. The molecule has 8 nitrogen and oxygen atoms in total. The average molecular weight is 613 g/mol. The number of anilines is 1. The minimum Gasteiger partial charge on any atom is -0.354 e. The molecule has 3 rings (SSSR count). The van der Waals surface area contributed by atoms with Gasteiger partial charge in [0.05, 0.1) is 5.69 Å². The largest absolute Gasteiger partial charge is 0.354 e. The van der Waals surface area contributed by atoms with Crippen LogP contribution in [0.5, 0.6) is 0 Å².